The van der Waals surface area contributed by atoms with Gasteiger partial charge in [0.15, 0.2) is 29.8 Å². The number of anilines is 1. The summed E-state index contributed by atoms with van der Waals surface area (Å²) in [4.78, 5) is 12.3. The number of fused-ring (bicyclic) bond motifs is 2. The maximum atomic E-state index is 15.7. The Balaban J connectivity index is 1.60. The van der Waals surface area contributed by atoms with Crippen LogP contribution in [0.15, 0.2) is 64.7 Å². The Labute approximate surface area is 307 Å². The van der Waals surface area contributed by atoms with Crippen molar-refractivity contribution in [2.24, 2.45) is 0 Å². The average molecular weight is 799 g/mol. The quantitative estimate of drug-likeness (QED) is 0.0335. The Morgan fingerprint density at radius 2 is 1.56 bits per heavy atom. The van der Waals surface area contributed by atoms with E-state index in [4.69, 9.17) is 9.52 Å². The van der Waals surface area contributed by atoms with Crippen LogP contribution < -0.4 is 9.47 Å². The molecule has 5 rings (SSSR count). The lowest BCUT2D eigenvalue weighted by molar-refractivity contribution is -0.669. The van der Waals surface area contributed by atoms with Gasteiger partial charge in [0.05, 0.1) is 34.1 Å². The fourth-order valence-electron chi connectivity index (χ4n) is 6.70. The van der Waals surface area contributed by atoms with Crippen LogP contribution in [0.25, 0.3) is 17.2 Å². The second kappa shape index (κ2) is 16.0. The molecule has 0 bridgehead atoms. The number of hydrogen-bond acceptors (Lipinski definition) is 8. The molecule has 2 heterocycles. The summed E-state index contributed by atoms with van der Waals surface area (Å²) >= 11 is 0. The van der Waals surface area contributed by atoms with Gasteiger partial charge in [-0.3, -0.25) is 9.35 Å². The summed E-state index contributed by atoms with van der Waals surface area (Å²) in [6, 6.07) is 10.6. The number of rotatable bonds is 16. The topological polar surface area (TPSA) is 169 Å². The molecule has 1 unspecified atom stereocenters. The third-order valence-electron chi connectivity index (χ3n) is 9.18. The highest BCUT2D eigenvalue weighted by Crippen LogP contribution is 2.54. The van der Waals surface area contributed by atoms with Crippen LogP contribution in [0.2, 0.25) is 0 Å². The standard InChI is InChI=1S/C36H35F5N2O9S2/c1-36(15-2-4-17-53(46,47)48)27(42(16-3-5-18-54(49,50)51)35-30(36)31(38)32(39)33(40)34(35)41)7-6-8-28-43(25-14-13-24(37)20-26(25)52-28)21-23-11-9-22(10-12-23)19-29(44)45/h6-14,20H,2-5,15-19,21H2,1H3,(H2-,44,45,46,47,48,49,50,51). The number of hydrogen-bond donors (Lipinski definition) is 2. The SMILES string of the molecule is CC1(CCCCS(=O)(=O)O)/C(=C\C=C\c2oc3cc(F)ccc3[n+]2Cc2ccc(CC(=O)O)cc2)N(CCCCS(=O)(=O)[O-])c2c(F)c(F)c(F)c(F)c21. The summed E-state index contributed by atoms with van der Waals surface area (Å²) < 4.78 is 148. The number of aromatic nitrogens is 1. The van der Waals surface area contributed by atoms with Crippen molar-refractivity contribution in [1.29, 1.82) is 0 Å². The van der Waals surface area contributed by atoms with Crippen LogP contribution in [-0.2, 0) is 43.4 Å². The fraction of sp³-hybridized carbons (Fsp3) is 0.333. The van der Waals surface area contributed by atoms with E-state index in [-0.39, 0.29) is 68.8 Å². The number of nitrogens with zero attached hydrogens (tertiary/aromatic N) is 2. The molecule has 0 spiro atoms. The second-order valence-electron chi connectivity index (χ2n) is 13.1. The maximum absolute atomic E-state index is 15.7. The number of aliphatic carboxylic acids is 1. The normalized spacial score (nSPS) is 17.0. The molecule has 1 aliphatic rings. The Hall–Kier alpha value is -4.65. The van der Waals surface area contributed by atoms with E-state index in [1.165, 1.54) is 37.3 Å². The molecule has 1 aromatic heterocycles. The van der Waals surface area contributed by atoms with Crippen molar-refractivity contribution in [1.82, 2.24) is 0 Å². The lowest BCUT2D eigenvalue weighted by Crippen LogP contribution is -2.35. The van der Waals surface area contributed by atoms with Gasteiger partial charge in [0.2, 0.25) is 5.58 Å². The summed E-state index contributed by atoms with van der Waals surface area (Å²) in [6.45, 7) is 1.31. The van der Waals surface area contributed by atoms with Gasteiger partial charge in [-0.15, -0.1) is 0 Å². The Kier molecular flexibility index (Phi) is 12.0. The third-order valence-corrected chi connectivity index (χ3v) is 10.8. The minimum absolute atomic E-state index is 0.0144. The van der Waals surface area contributed by atoms with Crippen LogP contribution in [0.5, 0.6) is 0 Å². The largest absolute Gasteiger partial charge is 0.748 e. The molecule has 11 nitrogen and oxygen atoms in total. The summed E-state index contributed by atoms with van der Waals surface area (Å²) in [5.74, 6) is -10.4. The molecule has 18 heteroatoms. The maximum Gasteiger partial charge on any atom is 0.374 e. The van der Waals surface area contributed by atoms with Crippen LogP contribution in [0.3, 0.4) is 0 Å². The molecule has 290 valence electrons. The van der Waals surface area contributed by atoms with Crippen LogP contribution >= 0.6 is 0 Å². The van der Waals surface area contributed by atoms with Gasteiger partial charge in [0.1, 0.15) is 5.82 Å². The minimum Gasteiger partial charge on any atom is -0.748 e. The van der Waals surface area contributed by atoms with Gasteiger partial charge in [-0.1, -0.05) is 36.8 Å². The van der Waals surface area contributed by atoms with Crippen LogP contribution in [0.1, 0.15) is 61.6 Å². The minimum atomic E-state index is -4.63. The zero-order valence-corrected chi connectivity index (χ0v) is 30.3. The molecular weight excluding hydrogens is 764 g/mol. The third kappa shape index (κ3) is 9.17. The first kappa shape index (κ1) is 40.5. The molecule has 3 aromatic carbocycles. The van der Waals surface area contributed by atoms with Crippen molar-refractivity contribution in [2.45, 2.75) is 57.4 Å². The number of oxazole rings is 1. The van der Waals surface area contributed by atoms with E-state index in [0.717, 1.165) is 16.5 Å². The van der Waals surface area contributed by atoms with Gasteiger partial charge in [0.25, 0.3) is 15.6 Å². The zero-order chi connectivity index (χ0) is 39.6. The lowest BCUT2D eigenvalue weighted by Gasteiger charge is -2.30. The molecule has 1 atom stereocenters. The molecule has 4 aromatic rings. The molecule has 1 aliphatic heterocycles. The summed E-state index contributed by atoms with van der Waals surface area (Å²) in [5, 5.41) is 9.10. The Morgan fingerprint density at radius 3 is 2.20 bits per heavy atom. The number of carboxylic acids is 1. The van der Waals surface area contributed by atoms with E-state index in [9.17, 15) is 43.9 Å². The highest BCUT2D eigenvalue weighted by molar-refractivity contribution is 7.85. The highest BCUT2D eigenvalue weighted by Gasteiger charge is 2.49. The smallest absolute Gasteiger partial charge is 0.374 e. The Morgan fingerprint density at radius 1 is 0.907 bits per heavy atom. The van der Waals surface area contributed by atoms with Crippen molar-refractivity contribution in [3.8, 4) is 0 Å². The van der Waals surface area contributed by atoms with Gasteiger partial charge in [-0.25, -0.2) is 30.4 Å². The van der Waals surface area contributed by atoms with E-state index < -0.39 is 83.5 Å². The number of allylic oxidation sites excluding steroid dienone is 3. The summed E-state index contributed by atoms with van der Waals surface area (Å²) in [6.07, 6.45) is 3.49. The van der Waals surface area contributed by atoms with Crippen LogP contribution in [-0.4, -0.2) is 55.1 Å². The van der Waals surface area contributed by atoms with E-state index in [0.29, 0.717) is 11.1 Å². The van der Waals surface area contributed by atoms with Crippen molar-refractivity contribution in [3.05, 3.63) is 112 Å². The van der Waals surface area contributed by atoms with Crippen molar-refractivity contribution in [2.75, 3.05) is 23.0 Å². The number of halogens is 5. The number of benzene rings is 3. The average Bonchev–Trinajstić information content (AvgIpc) is 3.53. The van der Waals surface area contributed by atoms with Gasteiger partial charge < -0.3 is 19.0 Å². The fourth-order valence-corrected chi connectivity index (χ4v) is 7.83. The molecule has 0 radical (unpaired) electrons. The van der Waals surface area contributed by atoms with Crippen LogP contribution in [0, 0.1) is 29.1 Å². The van der Waals surface area contributed by atoms with Crippen molar-refractivity contribution < 1.29 is 66.8 Å². The van der Waals surface area contributed by atoms with Gasteiger partial charge in [-0.05, 0) is 50.3 Å². The number of unbranched alkanes of at least 4 members (excludes halogenated alkanes) is 2. The summed E-state index contributed by atoms with van der Waals surface area (Å²) in [7, 11) is -9.02. The van der Waals surface area contributed by atoms with Crippen molar-refractivity contribution >= 4 is 49.1 Å². The van der Waals surface area contributed by atoms with E-state index in [2.05, 4.69) is 0 Å². The predicted molar refractivity (Wildman–Crippen MR) is 185 cm³/mol. The van der Waals surface area contributed by atoms with E-state index >= 15 is 8.78 Å². The van der Waals surface area contributed by atoms with E-state index in [1.807, 2.05) is 0 Å². The first-order valence-corrected chi connectivity index (χ1v) is 19.8. The molecule has 0 amide bonds. The first-order chi connectivity index (χ1) is 25.3. The number of carbonyl (C=O) groups is 1. The second-order valence-corrected chi connectivity index (χ2v) is 16.2. The molecule has 54 heavy (non-hydrogen) atoms. The molecule has 0 fully saturated rings. The molecule has 0 saturated carbocycles. The van der Waals surface area contributed by atoms with Gasteiger partial charge in [0, 0.05) is 46.7 Å². The monoisotopic (exact) mass is 798 g/mol. The Bertz CT molecular complexity index is 2360. The van der Waals surface area contributed by atoms with Crippen LogP contribution in [0.4, 0.5) is 27.6 Å². The first-order valence-electron chi connectivity index (χ1n) is 16.6. The van der Waals surface area contributed by atoms with Gasteiger partial charge in [-0.2, -0.15) is 13.0 Å². The van der Waals surface area contributed by atoms with Crippen molar-refractivity contribution in [3.63, 3.8) is 0 Å². The zero-order valence-electron chi connectivity index (χ0n) is 28.7. The highest BCUT2D eigenvalue weighted by atomic mass is 32.2. The van der Waals surface area contributed by atoms with Gasteiger partial charge >= 0.3 is 11.9 Å². The summed E-state index contributed by atoms with van der Waals surface area (Å²) in [5.41, 5.74) is -0.875. The van der Waals surface area contributed by atoms with E-state index in [1.54, 1.807) is 28.8 Å². The number of carboxylic acid groups (broad SMARTS) is 1. The molecule has 2 N–H and O–H groups in total. The molecular formula is C36H35F5N2O9S2. The lowest BCUT2D eigenvalue weighted by atomic mass is 9.76. The molecule has 0 saturated heterocycles. The molecule has 0 aliphatic carbocycles. The predicted octanol–water partition coefficient (Wildman–Crippen LogP) is 6.15.